The number of halogens is 1. The van der Waals surface area contributed by atoms with E-state index in [4.69, 9.17) is 4.74 Å². The predicted octanol–water partition coefficient (Wildman–Crippen LogP) is 2.86. The summed E-state index contributed by atoms with van der Waals surface area (Å²) in [4.78, 5) is 23.5. The molecule has 0 bridgehead atoms. The molecule has 0 atom stereocenters. The minimum atomic E-state index is -0.561. The van der Waals surface area contributed by atoms with Crippen molar-refractivity contribution >= 4 is 11.9 Å². The van der Waals surface area contributed by atoms with Crippen LogP contribution in [-0.2, 0) is 22.5 Å². The Balaban J connectivity index is 1.79. The highest BCUT2D eigenvalue weighted by Crippen LogP contribution is 2.07. The lowest BCUT2D eigenvalue weighted by Gasteiger charge is -2.07. The molecule has 0 unspecified atom stereocenters. The van der Waals surface area contributed by atoms with Crippen molar-refractivity contribution in [3.05, 3.63) is 71.0 Å². The van der Waals surface area contributed by atoms with Crippen LogP contribution in [0.25, 0.3) is 0 Å². The second kappa shape index (κ2) is 8.08. The highest BCUT2D eigenvalue weighted by molar-refractivity contribution is 5.91. The number of esters is 1. The van der Waals surface area contributed by atoms with Gasteiger partial charge in [-0.1, -0.05) is 37.3 Å². The maximum atomic E-state index is 13.4. The molecule has 2 aromatic carbocycles. The number of hydrogen-bond donors (Lipinski definition) is 1. The molecule has 120 valence electrons. The second-order valence-electron chi connectivity index (χ2n) is 4.99. The highest BCUT2D eigenvalue weighted by Gasteiger charge is 2.10. The first-order chi connectivity index (χ1) is 11.1. The van der Waals surface area contributed by atoms with Crippen LogP contribution in [0.2, 0.25) is 0 Å². The lowest BCUT2D eigenvalue weighted by molar-refractivity contribution is -0.124. The van der Waals surface area contributed by atoms with E-state index in [1.165, 1.54) is 6.07 Å². The monoisotopic (exact) mass is 315 g/mol. The topological polar surface area (TPSA) is 55.4 Å². The molecular formula is C18H18FNO3. The average Bonchev–Trinajstić information content (AvgIpc) is 2.59. The van der Waals surface area contributed by atoms with E-state index in [1.54, 1.807) is 30.3 Å². The fraction of sp³-hybridized carbons (Fsp3) is 0.222. The van der Waals surface area contributed by atoms with Crippen molar-refractivity contribution in [3.63, 3.8) is 0 Å². The number of benzene rings is 2. The van der Waals surface area contributed by atoms with Crippen molar-refractivity contribution in [1.29, 1.82) is 0 Å². The number of aryl methyl sites for hydroxylation is 1. The molecule has 2 aromatic rings. The lowest BCUT2D eigenvalue weighted by atomic mass is 10.1. The van der Waals surface area contributed by atoms with Gasteiger partial charge in [-0.3, -0.25) is 4.79 Å². The minimum absolute atomic E-state index is 0.0499. The second-order valence-corrected chi connectivity index (χ2v) is 4.99. The Bertz CT molecular complexity index is 683. The quantitative estimate of drug-likeness (QED) is 0.834. The molecule has 4 nitrogen and oxygen atoms in total. The van der Waals surface area contributed by atoms with Crippen molar-refractivity contribution in [1.82, 2.24) is 5.32 Å². The van der Waals surface area contributed by atoms with Gasteiger partial charge < -0.3 is 10.1 Å². The standard InChI is InChI=1S/C18H18FNO3/c1-2-13-7-9-14(10-8-13)18(22)23-12-17(21)20-11-15-5-3-4-6-16(15)19/h3-10H,2,11-12H2,1H3,(H,20,21). The van der Waals surface area contributed by atoms with Gasteiger partial charge in [0.2, 0.25) is 0 Å². The van der Waals surface area contributed by atoms with Crippen molar-refractivity contribution in [3.8, 4) is 0 Å². The molecule has 0 radical (unpaired) electrons. The van der Waals surface area contributed by atoms with Crippen molar-refractivity contribution in [2.75, 3.05) is 6.61 Å². The zero-order valence-corrected chi connectivity index (χ0v) is 12.8. The molecule has 1 amide bonds. The van der Waals surface area contributed by atoms with E-state index < -0.39 is 18.5 Å². The summed E-state index contributed by atoms with van der Waals surface area (Å²) in [5.74, 6) is -1.43. The van der Waals surface area contributed by atoms with Crippen LogP contribution in [0, 0.1) is 5.82 Å². The third-order valence-electron chi connectivity index (χ3n) is 3.37. The Kier molecular flexibility index (Phi) is 5.86. The van der Waals surface area contributed by atoms with E-state index >= 15 is 0 Å². The summed E-state index contributed by atoms with van der Waals surface area (Å²) in [5, 5.41) is 2.51. The normalized spacial score (nSPS) is 10.2. The first-order valence-corrected chi connectivity index (χ1v) is 7.36. The van der Waals surface area contributed by atoms with Gasteiger partial charge in [-0.2, -0.15) is 0 Å². The van der Waals surface area contributed by atoms with Gasteiger partial charge in [-0.25, -0.2) is 9.18 Å². The minimum Gasteiger partial charge on any atom is -0.452 e. The third kappa shape index (κ3) is 4.92. The first kappa shape index (κ1) is 16.7. The van der Waals surface area contributed by atoms with Crippen molar-refractivity contribution in [2.24, 2.45) is 0 Å². The number of ether oxygens (including phenoxy) is 1. The van der Waals surface area contributed by atoms with Crippen LogP contribution in [0.5, 0.6) is 0 Å². The Hall–Kier alpha value is -2.69. The summed E-state index contributed by atoms with van der Waals surface area (Å²) in [5.41, 5.74) is 1.88. The molecule has 1 N–H and O–H groups in total. The third-order valence-corrected chi connectivity index (χ3v) is 3.37. The molecule has 0 fully saturated rings. The summed E-state index contributed by atoms with van der Waals surface area (Å²) >= 11 is 0. The summed E-state index contributed by atoms with van der Waals surface area (Å²) in [7, 11) is 0. The van der Waals surface area contributed by atoms with Gasteiger partial charge >= 0.3 is 5.97 Å². The highest BCUT2D eigenvalue weighted by atomic mass is 19.1. The Morgan fingerprint density at radius 3 is 2.43 bits per heavy atom. The number of amides is 1. The molecule has 5 heteroatoms. The molecule has 0 saturated heterocycles. The van der Waals surface area contributed by atoms with Crippen LogP contribution in [0.1, 0.15) is 28.4 Å². The number of nitrogens with one attached hydrogen (secondary N) is 1. The Morgan fingerprint density at radius 1 is 1.09 bits per heavy atom. The zero-order chi connectivity index (χ0) is 16.7. The Morgan fingerprint density at radius 2 is 1.78 bits per heavy atom. The summed E-state index contributed by atoms with van der Waals surface area (Å²) in [6.45, 7) is 1.67. The molecule has 2 rings (SSSR count). The van der Waals surface area contributed by atoms with Gasteiger partial charge in [0.1, 0.15) is 5.82 Å². The molecular weight excluding hydrogens is 297 g/mol. The first-order valence-electron chi connectivity index (χ1n) is 7.36. The molecule has 0 spiro atoms. The zero-order valence-electron chi connectivity index (χ0n) is 12.8. The summed E-state index contributed by atoms with van der Waals surface area (Å²) in [6, 6.07) is 13.2. The van der Waals surface area contributed by atoms with E-state index in [1.807, 2.05) is 19.1 Å². The van der Waals surface area contributed by atoms with Crippen LogP contribution in [0.4, 0.5) is 4.39 Å². The van der Waals surface area contributed by atoms with Gasteiger partial charge in [0.05, 0.1) is 5.56 Å². The lowest BCUT2D eigenvalue weighted by Crippen LogP contribution is -2.28. The van der Waals surface area contributed by atoms with Crippen LogP contribution in [0.3, 0.4) is 0 Å². The van der Waals surface area contributed by atoms with E-state index in [0.29, 0.717) is 11.1 Å². The summed E-state index contributed by atoms with van der Waals surface area (Å²) < 4.78 is 18.3. The fourth-order valence-electron chi connectivity index (χ4n) is 1.98. The van der Waals surface area contributed by atoms with Crippen LogP contribution < -0.4 is 5.32 Å². The molecule has 0 aromatic heterocycles. The number of carbonyl (C=O) groups is 2. The average molecular weight is 315 g/mol. The number of carbonyl (C=O) groups excluding carboxylic acids is 2. The van der Waals surface area contributed by atoms with Gasteiger partial charge in [0, 0.05) is 12.1 Å². The van der Waals surface area contributed by atoms with E-state index in [-0.39, 0.29) is 12.4 Å². The molecule has 0 heterocycles. The van der Waals surface area contributed by atoms with Crippen molar-refractivity contribution < 1.29 is 18.7 Å². The Labute approximate surface area is 134 Å². The van der Waals surface area contributed by atoms with E-state index in [0.717, 1.165) is 12.0 Å². The van der Waals surface area contributed by atoms with E-state index in [2.05, 4.69) is 5.32 Å². The maximum Gasteiger partial charge on any atom is 0.338 e. The fourth-order valence-corrected chi connectivity index (χ4v) is 1.98. The maximum absolute atomic E-state index is 13.4. The van der Waals surface area contributed by atoms with Crippen molar-refractivity contribution in [2.45, 2.75) is 19.9 Å². The largest absolute Gasteiger partial charge is 0.452 e. The van der Waals surface area contributed by atoms with Gasteiger partial charge in [0.25, 0.3) is 5.91 Å². The molecule has 0 aliphatic carbocycles. The van der Waals surface area contributed by atoms with Crippen LogP contribution in [0.15, 0.2) is 48.5 Å². The molecule has 0 saturated carbocycles. The molecule has 23 heavy (non-hydrogen) atoms. The number of rotatable bonds is 6. The smallest absolute Gasteiger partial charge is 0.338 e. The van der Waals surface area contributed by atoms with Crippen LogP contribution >= 0.6 is 0 Å². The summed E-state index contributed by atoms with van der Waals surface area (Å²) in [6.07, 6.45) is 0.883. The van der Waals surface area contributed by atoms with Gasteiger partial charge in [-0.05, 0) is 30.2 Å². The van der Waals surface area contributed by atoms with E-state index in [9.17, 15) is 14.0 Å². The number of hydrogen-bond acceptors (Lipinski definition) is 3. The molecule has 0 aliphatic rings. The van der Waals surface area contributed by atoms with Gasteiger partial charge in [-0.15, -0.1) is 0 Å². The van der Waals surface area contributed by atoms with Gasteiger partial charge in [0.15, 0.2) is 6.61 Å². The molecule has 0 aliphatic heterocycles. The van der Waals surface area contributed by atoms with Crippen LogP contribution in [-0.4, -0.2) is 18.5 Å². The predicted molar refractivity (Wildman–Crippen MR) is 84.3 cm³/mol. The SMILES string of the molecule is CCc1ccc(C(=O)OCC(=O)NCc2ccccc2F)cc1.